The van der Waals surface area contributed by atoms with Gasteiger partial charge >= 0.3 is 0 Å². The fourth-order valence-electron chi connectivity index (χ4n) is 0.385. The Kier molecular flexibility index (Phi) is 3.95. The van der Waals surface area contributed by atoms with E-state index in [0.29, 0.717) is 0 Å². The number of rotatable bonds is 0. The van der Waals surface area contributed by atoms with Crippen LogP contribution in [-0.4, -0.2) is 9.97 Å². The van der Waals surface area contributed by atoms with E-state index in [1.807, 2.05) is 13.8 Å². The van der Waals surface area contributed by atoms with Crippen molar-refractivity contribution in [3.63, 3.8) is 0 Å². The van der Waals surface area contributed by atoms with Gasteiger partial charge in [-0.2, -0.15) is 0 Å². The van der Waals surface area contributed by atoms with Crippen LogP contribution in [0.4, 0.5) is 5.95 Å². The van der Waals surface area contributed by atoms with Gasteiger partial charge in [0.15, 0.2) is 5.95 Å². The first-order chi connectivity index (χ1) is 4.79. The van der Waals surface area contributed by atoms with Gasteiger partial charge in [0.2, 0.25) is 0 Å². The Morgan fingerprint density at radius 1 is 1.60 bits per heavy atom. The molecule has 1 rings (SSSR count). The third-order valence-corrected chi connectivity index (χ3v) is 0.691. The van der Waals surface area contributed by atoms with Gasteiger partial charge in [0.05, 0.1) is 0 Å². The maximum Gasteiger partial charge on any atom is 0.252 e. The van der Waals surface area contributed by atoms with Crippen molar-refractivity contribution in [2.24, 2.45) is 0 Å². The molecule has 0 aromatic carbocycles. The minimum atomic E-state index is -0.225. The van der Waals surface area contributed by atoms with Gasteiger partial charge in [-0.1, -0.05) is 13.8 Å². The predicted octanol–water partition coefficient (Wildman–Crippen LogP) is 0.378. The van der Waals surface area contributed by atoms with E-state index in [9.17, 15) is 4.79 Å². The number of hydrogen-bond acceptors (Lipinski definition) is 3. The number of nitrogens with one attached hydrogen (secondary N) is 1. The Morgan fingerprint density at radius 2 is 2.20 bits per heavy atom. The van der Waals surface area contributed by atoms with Crippen molar-refractivity contribution in [2.45, 2.75) is 13.8 Å². The van der Waals surface area contributed by atoms with E-state index >= 15 is 0 Å². The highest BCUT2D eigenvalue weighted by molar-refractivity contribution is 5.11. The fourth-order valence-corrected chi connectivity index (χ4v) is 0.385. The Bertz CT molecular complexity index is 230. The fraction of sp³-hybridized carbons (Fsp3) is 0.333. The quantitative estimate of drug-likeness (QED) is 0.548. The zero-order valence-electron chi connectivity index (χ0n) is 6.09. The number of nitrogens with two attached hydrogens (primary N) is 1. The zero-order valence-corrected chi connectivity index (χ0v) is 6.09. The molecule has 10 heavy (non-hydrogen) atoms. The van der Waals surface area contributed by atoms with Crippen LogP contribution in [0.3, 0.4) is 0 Å². The van der Waals surface area contributed by atoms with Crippen molar-refractivity contribution in [2.75, 3.05) is 5.73 Å². The molecule has 0 atom stereocenters. The van der Waals surface area contributed by atoms with Gasteiger partial charge in [-0.05, 0) is 0 Å². The lowest BCUT2D eigenvalue weighted by molar-refractivity contribution is 1.14. The van der Waals surface area contributed by atoms with E-state index in [1.54, 1.807) is 0 Å². The molecule has 4 nitrogen and oxygen atoms in total. The third-order valence-electron chi connectivity index (χ3n) is 0.691. The summed E-state index contributed by atoms with van der Waals surface area (Å²) in [6.45, 7) is 4.00. The largest absolute Gasteiger partial charge is 0.369 e. The minimum Gasteiger partial charge on any atom is -0.369 e. The molecule has 0 amide bonds. The Morgan fingerprint density at radius 3 is 2.50 bits per heavy atom. The topological polar surface area (TPSA) is 71.8 Å². The molecule has 1 aromatic rings. The van der Waals surface area contributed by atoms with Gasteiger partial charge in [0.1, 0.15) is 0 Å². The van der Waals surface area contributed by atoms with Crippen LogP contribution in [0.1, 0.15) is 13.8 Å². The second-order valence-electron chi connectivity index (χ2n) is 1.32. The first-order valence-electron chi connectivity index (χ1n) is 3.10. The molecule has 0 aliphatic rings. The van der Waals surface area contributed by atoms with Crippen molar-refractivity contribution in [1.82, 2.24) is 9.97 Å². The molecule has 0 saturated heterocycles. The monoisotopic (exact) mass is 141 g/mol. The maximum absolute atomic E-state index is 10.3. The summed E-state index contributed by atoms with van der Waals surface area (Å²) >= 11 is 0. The molecule has 0 fully saturated rings. The summed E-state index contributed by atoms with van der Waals surface area (Å²) in [5.74, 6) is 0.150. The SMILES string of the molecule is CC.Nc1nccc(=O)[nH]1. The molecule has 1 heterocycles. The van der Waals surface area contributed by atoms with Gasteiger partial charge in [0, 0.05) is 12.3 Å². The average molecular weight is 141 g/mol. The Balaban J connectivity index is 0.000000371. The van der Waals surface area contributed by atoms with E-state index in [-0.39, 0.29) is 11.5 Å². The van der Waals surface area contributed by atoms with Crippen LogP contribution in [0.5, 0.6) is 0 Å². The lowest BCUT2D eigenvalue weighted by Gasteiger charge is -1.84. The standard InChI is InChI=1S/C4H5N3O.C2H6/c5-4-6-2-1-3(8)7-4;1-2/h1-2H,(H3,5,6,7,8);1-2H3. The number of nitrogens with zero attached hydrogens (tertiary/aromatic N) is 1. The van der Waals surface area contributed by atoms with E-state index < -0.39 is 0 Å². The van der Waals surface area contributed by atoms with Gasteiger partial charge in [-0.15, -0.1) is 0 Å². The maximum atomic E-state index is 10.3. The molecular formula is C6H11N3O. The van der Waals surface area contributed by atoms with Crippen LogP contribution >= 0.6 is 0 Å². The summed E-state index contributed by atoms with van der Waals surface area (Å²) < 4.78 is 0. The molecule has 0 saturated carbocycles. The smallest absolute Gasteiger partial charge is 0.252 e. The molecule has 0 aliphatic heterocycles. The number of H-pyrrole nitrogens is 1. The van der Waals surface area contributed by atoms with Crippen LogP contribution in [-0.2, 0) is 0 Å². The highest BCUT2D eigenvalue weighted by Gasteiger charge is 1.81. The molecular weight excluding hydrogens is 130 g/mol. The van der Waals surface area contributed by atoms with Crippen molar-refractivity contribution in [1.29, 1.82) is 0 Å². The van der Waals surface area contributed by atoms with Crippen molar-refractivity contribution >= 4 is 5.95 Å². The number of aromatic nitrogens is 2. The molecule has 0 radical (unpaired) electrons. The van der Waals surface area contributed by atoms with E-state index in [0.717, 1.165) is 0 Å². The normalized spacial score (nSPS) is 7.80. The molecule has 4 heteroatoms. The van der Waals surface area contributed by atoms with Gasteiger partial charge < -0.3 is 5.73 Å². The zero-order chi connectivity index (χ0) is 7.98. The molecule has 1 aromatic heterocycles. The predicted molar refractivity (Wildman–Crippen MR) is 40.6 cm³/mol. The number of anilines is 1. The summed E-state index contributed by atoms with van der Waals surface area (Å²) in [7, 11) is 0. The second kappa shape index (κ2) is 4.55. The molecule has 0 aliphatic carbocycles. The van der Waals surface area contributed by atoms with Gasteiger partial charge in [-0.25, -0.2) is 4.98 Å². The van der Waals surface area contributed by atoms with Crippen molar-refractivity contribution < 1.29 is 0 Å². The lowest BCUT2D eigenvalue weighted by atomic mass is 10.7. The van der Waals surface area contributed by atoms with E-state index in [2.05, 4.69) is 9.97 Å². The summed E-state index contributed by atoms with van der Waals surface area (Å²) in [6.07, 6.45) is 1.36. The number of nitrogen functional groups attached to an aromatic ring is 1. The molecule has 0 spiro atoms. The van der Waals surface area contributed by atoms with Crippen LogP contribution in [0, 0.1) is 0 Å². The second-order valence-corrected chi connectivity index (χ2v) is 1.32. The first-order valence-corrected chi connectivity index (χ1v) is 3.10. The van der Waals surface area contributed by atoms with Gasteiger partial charge in [0.25, 0.3) is 5.56 Å². The summed E-state index contributed by atoms with van der Waals surface area (Å²) in [5.41, 5.74) is 4.87. The first kappa shape index (κ1) is 8.68. The summed E-state index contributed by atoms with van der Waals surface area (Å²) in [5, 5.41) is 0. The van der Waals surface area contributed by atoms with E-state index in [4.69, 9.17) is 5.73 Å². The van der Waals surface area contributed by atoms with Crippen LogP contribution in [0.2, 0.25) is 0 Å². The summed E-state index contributed by atoms with van der Waals surface area (Å²) in [6, 6.07) is 1.30. The lowest BCUT2D eigenvalue weighted by Crippen LogP contribution is -2.07. The Labute approximate surface area is 59.1 Å². The molecule has 0 bridgehead atoms. The van der Waals surface area contributed by atoms with Crippen LogP contribution < -0.4 is 11.3 Å². The van der Waals surface area contributed by atoms with Crippen LogP contribution in [0.25, 0.3) is 0 Å². The number of hydrogen-bond donors (Lipinski definition) is 2. The van der Waals surface area contributed by atoms with E-state index in [1.165, 1.54) is 12.3 Å². The summed E-state index contributed by atoms with van der Waals surface area (Å²) in [4.78, 5) is 16.2. The van der Waals surface area contributed by atoms with Crippen molar-refractivity contribution in [3.05, 3.63) is 22.6 Å². The van der Waals surface area contributed by atoms with Gasteiger partial charge in [-0.3, -0.25) is 9.78 Å². The highest BCUT2D eigenvalue weighted by Crippen LogP contribution is 1.76. The molecule has 3 N–H and O–H groups in total. The molecule has 56 valence electrons. The van der Waals surface area contributed by atoms with Crippen molar-refractivity contribution in [3.8, 4) is 0 Å². The van der Waals surface area contributed by atoms with Crippen LogP contribution in [0.15, 0.2) is 17.1 Å². The number of aromatic amines is 1. The Hall–Kier alpha value is -1.32. The third kappa shape index (κ3) is 2.86. The molecule has 0 unspecified atom stereocenters. The average Bonchev–Trinajstić information content (AvgIpc) is 1.91. The highest BCUT2D eigenvalue weighted by atomic mass is 16.1. The minimum absolute atomic E-state index is 0.150.